The Morgan fingerprint density at radius 1 is 1.59 bits per heavy atom. The number of anilines is 1. The van der Waals surface area contributed by atoms with Crippen molar-refractivity contribution in [2.75, 3.05) is 18.9 Å². The molecule has 0 saturated carbocycles. The highest BCUT2D eigenvalue weighted by molar-refractivity contribution is 5.98. The number of nitrogens with two attached hydrogens (primary N) is 1. The number of nitrogens with one attached hydrogen (secondary N) is 1. The van der Waals surface area contributed by atoms with E-state index in [1.54, 1.807) is 6.07 Å². The highest BCUT2D eigenvalue weighted by atomic mass is 16.5. The van der Waals surface area contributed by atoms with Crippen molar-refractivity contribution in [3.05, 3.63) is 23.5 Å². The number of aryl methyl sites for hydroxylation is 1. The first-order chi connectivity index (χ1) is 8.00. The standard InChI is InChI=1S/C12H19N3O2/c1-8(2)17-5-4-14-12(16)10-7-15-9(3)6-11(10)13/h6-8H,4-5H2,1-3H3,(H2,13,15)(H,14,16). The van der Waals surface area contributed by atoms with E-state index in [1.165, 1.54) is 6.20 Å². The van der Waals surface area contributed by atoms with Crippen LogP contribution in [-0.2, 0) is 4.74 Å². The zero-order valence-electron chi connectivity index (χ0n) is 10.5. The second kappa shape index (κ2) is 6.20. The van der Waals surface area contributed by atoms with Gasteiger partial charge in [0.25, 0.3) is 5.91 Å². The summed E-state index contributed by atoms with van der Waals surface area (Å²) >= 11 is 0. The van der Waals surface area contributed by atoms with E-state index in [0.29, 0.717) is 24.4 Å². The zero-order valence-corrected chi connectivity index (χ0v) is 10.5. The van der Waals surface area contributed by atoms with E-state index in [-0.39, 0.29) is 12.0 Å². The van der Waals surface area contributed by atoms with Crippen LogP contribution in [0.3, 0.4) is 0 Å². The van der Waals surface area contributed by atoms with Crippen LogP contribution in [0.15, 0.2) is 12.3 Å². The van der Waals surface area contributed by atoms with Crippen LogP contribution in [0.1, 0.15) is 29.9 Å². The molecule has 1 heterocycles. The van der Waals surface area contributed by atoms with Gasteiger partial charge in [-0.15, -0.1) is 0 Å². The first kappa shape index (κ1) is 13.4. The third-order valence-electron chi connectivity index (χ3n) is 2.16. The molecule has 94 valence electrons. The van der Waals surface area contributed by atoms with Crippen LogP contribution in [0, 0.1) is 6.92 Å². The fourth-order valence-electron chi connectivity index (χ4n) is 1.33. The summed E-state index contributed by atoms with van der Waals surface area (Å²) in [6, 6.07) is 1.68. The quantitative estimate of drug-likeness (QED) is 0.752. The summed E-state index contributed by atoms with van der Waals surface area (Å²) in [6.07, 6.45) is 1.65. The van der Waals surface area contributed by atoms with Crippen molar-refractivity contribution in [2.24, 2.45) is 0 Å². The van der Waals surface area contributed by atoms with E-state index < -0.39 is 0 Å². The predicted molar refractivity (Wildman–Crippen MR) is 66.8 cm³/mol. The lowest BCUT2D eigenvalue weighted by atomic mass is 10.2. The van der Waals surface area contributed by atoms with Crippen LogP contribution in [0.25, 0.3) is 0 Å². The first-order valence-corrected chi connectivity index (χ1v) is 5.62. The molecule has 0 aliphatic heterocycles. The van der Waals surface area contributed by atoms with E-state index >= 15 is 0 Å². The number of carbonyl (C=O) groups excluding carboxylic acids is 1. The fourth-order valence-corrected chi connectivity index (χ4v) is 1.33. The maximum Gasteiger partial charge on any atom is 0.255 e. The molecule has 0 atom stereocenters. The Bertz CT molecular complexity index is 391. The minimum atomic E-state index is -0.220. The summed E-state index contributed by atoms with van der Waals surface area (Å²) in [7, 11) is 0. The van der Waals surface area contributed by atoms with Gasteiger partial charge in [-0.2, -0.15) is 0 Å². The SMILES string of the molecule is Cc1cc(N)c(C(=O)NCCOC(C)C)cn1. The molecule has 0 fully saturated rings. The number of hydrogen-bond donors (Lipinski definition) is 2. The molecule has 3 N–H and O–H groups in total. The maximum atomic E-state index is 11.7. The number of pyridine rings is 1. The van der Waals surface area contributed by atoms with Crippen molar-refractivity contribution in [3.63, 3.8) is 0 Å². The maximum absolute atomic E-state index is 11.7. The number of aromatic nitrogens is 1. The molecule has 0 unspecified atom stereocenters. The van der Waals surface area contributed by atoms with Crippen molar-refractivity contribution in [1.29, 1.82) is 0 Å². The molecule has 0 aromatic carbocycles. The Morgan fingerprint density at radius 2 is 2.29 bits per heavy atom. The second-order valence-corrected chi connectivity index (χ2v) is 4.09. The molecular weight excluding hydrogens is 218 g/mol. The number of nitrogens with zero attached hydrogens (tertiary/aromatic N) is 1. The van der Waals surface area contributed by atoms with Crippen molar-refractivity contribution in [2.45, 2.75) is 26.9 Å². The Hall–Kier alpha value is -1.62. The molecule has 0 spiro atoms. The number of amides is 1. The smallest absolute Gasteiger partial charge is 0.255 e. The van der Waals surface area contributed by atoms with Gasteiger partial charge in [0.15, 0.2) is 0 Å². The van der Waals surface area contributed by atoms with E-state index in [1.807, 2.05) is 20.8 Å². The third kappa shape index (κ3) is 4.40. The van der Waals surface area contributed by atoms with Crippen molar-refractivity contribution >= 4 is 11.6 Å². The lowest BCUT2D eigenvalue weighted by Gasteiger charge is -2.09. The van der Waals surface area contributed by atoms with E-state index in [9.17, 15) is 4.79 Å². The van der Waals surface area contributed by atoms with E-state index in [0.717, 1.165) is 5.69 Å². The van der Waals surface area contributed by atoms with Crippen LogP contribution in [0.4, 0.5) is 5.69 Å². The van der Waals surface area contributed by atoms with Gasteiger partial charge in [0.2, 0.25) is 0 Å². The number of carbonyl (C=O) groups is 1. The molecule has 1 aromatic rings. The second-order valence-electron chi connectivity index (χ2n) is 4.09. The molecule has 0 radical (unpaired) electrons. The normalized spacial score (nSPS) is 10.6. The molecule has 1 rings (SSSR count). The van der Waals surface area contributed by atoms with Crippen molar-refractivity contribution in [3.8, 4) is 0 Å². The summed E-state index contributed by atoms with van der Waals surface area (Å²) in [6.45, 7) is 6.68. The molecular formula is C12H19N3O2. The van der Waals surface area contributed by atoms with Crippen LogP contribution in [0.2, 0.25) is 0 Å². The molecule has 0 aliphatic carbocycles. The van der Waals surface area contributed by atoms with Crippen LogP contribution in [-0.4, -0.2) is 30.1 Å². The monoisotopic (exact) mass is 237 g/mol. The Balaban J connectivity index is 2.47. The summed E-state index contributed by atoms with van der Waals surface area (Å²) < 4.78 is 5.32. The lowest BCUT2D eigenvalue weighted by Crippen LogP contribution is -2.28. The molecule has 0 bridgehead atoms. The van der Waals surface area contributed by atoms with Crippen molar-refractivity contribution in [1.82, 2.24) is 10.3 Å². The summed E-state index contributed by atoms with van der Waals surface area (Å²) in [5, 5.41) is 2.73. The largest absolute Gasteiger partial charge is 0.398 e. The minimum absolute atomic E-state index is 0.165. The Kier molecular flexibility index (Phi) is 4.90. The van der Waals surface area contributed by atoms with Gasteiger partial charge in [0, 0.05) is 24.1 Å². The summed E-state index contributed by atoms with van der Waals surface area (Å²) in [5.74, 6) is -0.220. The third-order valence-corrected chi connectivity index (χ3v) is 2.16. The average molecular weight is 237 g/mol. The van der Waals surface area contributed by atoms with Crippen LogP contribution in [0.5, 0.6) is 0 Å². The van der Waals surface area contributed by atoms with Gasteiger partial charge in [-0.3, -0.25) is 9.78 Å². The van der Waals surface area contributed by atoms with Gasteiger partial charge < -0.3 is 15.8 Å². The van der Waals surface area contributed by atoms with Crippen LogP contribution >= 0.6 is 0 Å². The highest BCUT2D eigenvalue weighted by Gasteiger charge is 2.09. The number of nitrogen functional groups attached to an aromatic ring is 1. The summed E-state index contributed by atoms with van der Waals surface area (Å²) in [4.78, 5) is 15.8. The zero-order chi connectivity index (χ0) is 12.8. The lowest BCUT2D eigenvalue weighted by molar-refractivity contribution is 0.0747. The molecule has 5 heteroatoms. The Labute approximate surface area is 101 Å². The molecule has 5 nitrogen and oxygen atoms in total. The molecule has 0 saturated heterocycles. The van der Waals surface area contributed by atoms with Gasteiger partial charge in [-0.25, -0.2) is 0 Å². The van der Waals surface area contributed by atoms with E-state index in [4.69, 9.17) is 10.5 Å². The van der Waals surface area contributed by atoms with E-state index in [2.05, 4.69) is 10.3 Å². The minimum Gasteiger partial charge on any atom is -0.398 e. The molecule has 0 aliphatic rings. The molecule has 17 heavy (non-hydrogen) atoms. The first-order valence-electron chi connectivity index (χ1n) is 5.62. The number of hydrogen-bond acceptors (Lipinski definition) is 4. The van der Waals surface area contributed by atoms with Crippen LogP contribution < -0.4 is 11.1 Å². The van der Waals surface area contributed by atoms with Gasteiger partial charge >= 0.3 is 0 Å². The number of rotatable bonds is 5. The van der Waals surface area contributed by atoms with Gasteiger partial charge in [0.1, 0.15) is 0 Å². The van der Waals surface area contributed by atoms with Gasteiger partial charge in [-0.05, 0) is 26.8 Å². The van der Waals surface area contributed by atoms with Crippen molar-refractivity contribution < 1.29 is 9.53 Å². The fraction of sp³-hybridized carbons (Fsp3) is 0.500. The summed E-state index contributed by atoms with van der Waals surface area (Å²) in [5.41, 5.74) is 7.38. The number of ether oxygens (including phenoxy) is 1. The Morgan fingerprint density at radius 3 is 2.88 bits per heavy atom. The topological polar surface area (TPSA) is 77.2 Å². The predicted octanol–water partition coefficient (Wildman–Crippen LogP) is 1.13. The molecule has 1 aromatic heterocycles. The molecule has 1 amide bonds. The highest BCUT2D eigenvalue weighted by Crippen LogP contribution is 2.10. The average Bonchev–Trinajstić information content (AvgIpc) is 2.23. The van der Waals surface area contributed by atoms with Gasteiger partial charge in [-0.1, -0.05) is 0 Å². The van der Waals surface area contributed by atoms with Gasteiger partial charge in [0.05, 0.1) is 18.3 Å².